The van der Waals surface area contributed by atoms with Crippen LogP contribution in [0.2, 0.25) is 0 Å². The van der Waals surface area contributed by atoms with Crippen LogP contribution in [0.4, 0.5) is 0 Å². The highest BCUT2D eigenvalue weighted by Gasteiger charge is 2.37. The zero-order valence-corrected chi connectivity index (χ0v) is 10.9. The third-order valence-electron chi connectivity index (χ3n) is 1.85. The van der Waals surface area contributed by atoms with E-state index in [0.29, 0.717) is 6.54 Å². The van der Waals surface area contributed by atoms with E-state index in [-0.39, 0.29) is 0 Å². The molecule has 78 valence electrons. The minimum atomic E-state index is -3.35. The van der Waals surface area contributed by atoms with Gasteiger partial charge in [0.15, 0.2) is 9.84 Å². The molecule has 0 radical (unpaired) electrons. The zero-order valence-electron chi connectivity index (χ0n) is 7.93. The van der Waals surface area contributed by atoms with Gasteiger partial charge in [-0.1, -0.05) is 22.6 Å². The van der Waals surface area contributed by atoms with Gasteiger partial charge in [-0.15, -0.1) is 0 Å². The molecule has 0 spiro atoms. The van der Waals surface area contributed by atoms with Crippen LogP contribution in [0, 0.1) is 0 Å². The molecule has 13 heavy (non-hydrogen) atoms. The highest BCUT2D eigenvalue weighted by Crippen LogP contribution is 2.14. The minimum Gasteiger partial charge on any atom is -0.354 e. The van der Waals surface area contributed by atoms with Crippen molar-refractivity contribution in [2.45, 2.75) is 18.6 Å². The van der Waals surface area contributed by atoms with Crippen molar-refractivity contribution in [1.29, 1.82) is 0 Å². The summed E-state index contributed by atoms with van der Waals surface area (Å²) in [5.74, 6) is -0.438. The summed E-state index contributed by atoms with van der Waals surface area (Å²) in [4.78, 5) is 11.4. The van der Waals surface area contributed by atoms with Crippen molar-refractivity contribution in [3.8, 4) is 0 Å². The molecule has 0 aliphatic heterocycles. The van der Waals surface area contributed by atoms with E-state index < -0.39 is 20.5 Å². The second kappa shape index (κ2) is 4.59. The Hall–Kier alpha value is 0.150. The Morgan fingerprint density at radius 3 is 2.23 bits per heavy atom. The van der Waals surface area contributed by atoms with Gasteiger partial charge in [-0.05, 0) is 13.8 Å². The second-order valence-corrected chi connectivity index (χ2v) is 6.87. The molecule has 0 aromatic rings. The lowest BCUT2D eigenvalue weighted by molar-refractivity contribution is -0.122. The molecule has 0 aromatic heterocycles. The number of amides is 1. The monoisotopic (exact) mass is 319 g/mol. The topological polar surface area (TPSA) is 63.2 Å². The molecule has 0 aliphatic rings. The molecule has 0 aliphatic carbocycles. The fourth-order valence-electron chi connectivity index (χ4n) is 0.542. The Kier molecular flexibility index (Phi) is 4.64. The number of sulfone groups is 1. The summed E-state index contributed by atoms with van der Waals surface area (Å²) < 4.78 is 21.8. The van der Waals surface area contributed by atoms with Gasteiger partial charge in [0.25, 0.3) is 0 Å². The molecule has 0 heterocycles. The summed E-state index contributed by atoms with van der Waals surface area (Å²) in [5.41, 5.74) is 0. The smallest absolute Gasteiger partial charge is 0.240 e. The lowest BCUT2D eigenvalue weighted by Gasteiger charge is -2.20. The number of rotatable bonds is 4. The predicted octanol–water partition coefficient (Wildman–Crippen LogP) is 0.361. The van der Waals surface area contributed by atoms with E-state index in [1.807, 2.05) is 0 Å². The first-order valence-corrected chi connectivity index (χ1v) is 7.19. The maximum atomic E-state index is 11.4. The number of halogens is 1. The lowest BCUT2D eigenvalue weighted by atomic mass is 10.2. The summed E-state index contributed by atoms with van der Waals surface area (Å²) in [6.07, 6.45) is 1.07. The maximum Gasteiger partial charge on any atom is 0.240 e. The Morgan fingerprint density at radius 2 is 1.92 bits per heavy atom. The first-order valence-electron chi connectivity index (χ1n) is 3.77. The van der Waals surface area contributed by atoms with Crippen LogP contribution in [0.25, 0.3) is 0 Å². The molecule has 0 fully saturated rings. The Morgan fingerprint density at radius 1 is 1.46 bits per heavy atom. The normalized spacial score (nSPS) is 12.6. The van der Waals surface area contributed by atoms with E-state index in [0.717, 1.165) is 10.7 Å². The number of carbonyl (C=O) groups excluding carboxylic acids is 1. The average molecular weight is 319 g/mol. The minimum absolute atomic E-state index is 0.438. The number of hydrogen-bond donors (Lipinski definition) is 1. The van der Waals surface area contributed by atoms with E-state index in [1.165, 1.54) is 13.8 Å². The standard InChI is InChI=1S/C7H14INO3S/c1-7(2,13(3,11)12)6(10)9-5-4-8/h4-5H2,1-3H3,(H,9,10). The molecular weight excluding hydrogens is 305 g/mol. The molecule has 4 nitrogen and oxygen atoms in total. The lowest BCUT2D eigenvalue weighted by Crippen LogP contribution is -2.47. The fourth-order valence-corrected chi connectivity index (χ4v) is 1.22. The molecule has 1 amide bonds. The van der Waals surface area contributed by atoms with Gasteiger partial charge in [0.05, 0.1) is 0 Å². The van der Waals surface area contributed by atoms with E-state index >= 15 is 0 Å². The number of alkyl halides is 1. The highest BCUT2D eigenvalue weighted by atomic mass is 127. The third kappa shape index (κ3) is 3.41. The second-order valence-electron chi connectivity index (χ2n) is 3.23. The van der Waals surface area contributed by atoms with Crippen molar-refractivity contribution in [3.05, 3.63) is 0 Å². The number of nitrogens with one attached hydrogen (secondary N) is 1. The highest BCUT2D eigenvalue weighted by molar-refractivity contribution is 14.1. The first kappa shape index (κ1) is 13.2. The van der Waals surface area contributed by atoms with Crippen LogP contribution in [0.15, 0.2) is 0 Å². The molecule has 0 atom stereocenters. The third-order valence-corrected chi connectivity index (χ3v) is 4.43. The largest absolute Gasteiger partial charge is 0.354 e. The van der Waals surface area contributed by atoms with Crippen LogP contribution in [0.3, 0.4) is 0 Å². The molecule has 0 saturated carbocycles. The molecule has 1 N–H and O–H groups in total. The van der Waals surface area contributed by atoms with Gasteiger partial charge in [0, 0.05) is 17.2 Å². The molecule has 6 heteroatoms. The van der Waals surface area contributed by atoms with E-state index in [4.69, 9.17) is 0 Å². The van der Waals surface area contributed by atoms with Crippen molar-refractivity contribution in [2.75, 3.05) is 17.2 Å². The number of carbonyl (C=O) groups is 1. The van der Waals surface area contributed by atoms with Crippen molar-refractivity contribution < 1.29 is 13.2 Å². The maximum absolute atomic E-state index is 11.4. The summed E-state index contributed by atoms with van der Waals surface area (Å²) >= 11 is 2.11. The van der Waals surface area contributed by atoms with E-state index in [2.05, 4.69) is 27.9 Å². The van der Waals surface area contributed by atoms with Gasteiger partial charge in [-0.3, -0.25) is 4.79 Å². The van der Waals surface area contributed by atoms with Gasteiger partial charge < -0.3 is 5.32 Å². The van der Waals surface area contributed by atoms with Gasteiger partial charge in [-0.25, -0.2) is 8.42 Å². The van der Waals surface area contributed by atoms with Crippen molar-refractivity contribution in [3.63, 3.8) is 0 Å². The molecular formula is C7H14INO3S. The van der Waals surface area contributed by atoms with Gasteiger partial charge in [0.2, 0.25) is 5.91 Å². The summed E-state index contributed by atoms with van der Waals surface area (Å²) in [6, 6.07) is 0. The molecule has 0 saturated heterocycles. The van der Waals surface area contributed by atoms with Crippen LogP contribution in [0.5, 0.6) is 0 Å². The van der Waals surface area contributed by atoms with Gasteiger partial charge >= 0.3 is 0 Å². The average Bonchev–Trinajstić information content (AvgIpc) is 1.97. The molecule has 0 aromatic carbocycles. The van der Waals surface area contributed by atoms with Crippen molar-refractivity contribution >= 4 is 38.3 Å². The Bertz CT molecular complexity index is 284. The molecule has 0 rings (SSSR count). The number of hydrogen-bond acceptors (Lipinski definition) is 3. The van der Waals surface area contributed by atoms with Crippen LogP contribution in [0.1, 0.15) is 13.8 Å². The molecule has 0 unspecified atom stereocenters. The summed E-state index contributed by atoms with van der Waals surface area (Å²) in [5, 5.41) is 2.55. The Balaban J connectivity index is 4.57. The summed E-state index contributed by atoms with van der Waals surface area (Å²) in [7, 11) is -3.35. The van der Waals surface area contributed by atoms with Crippen molar-refractivity contribution in [2.24, 2.45) is 0 Å². The Labute approximate surface area is 92.5 Å². The van der Waals surface area contributed by atoms with Crippen LogP contribution < -0.4 is 5.32 Å². The SMILES string of the molecule is CC(C)(C(=O)NCCI)S(C)(=O)=O. The van der Waals surface area contributed by atoms with Gasteiger partial charge in [0.1, 0.15) is 4.75 Å². The quantitative estimate of drug-likeness (QED) is 0.601. The van der Waals surface area contributed by atoms with Crippen LogP contribution in [-0.4, -0.2) is 36.3 Å². The van der Waals surface area contributed by atoms with E-state index in [1.54, 1.807) is 0 Å². The van der Waals surface area contributed by atoms with Crippen molar-refractivity contribution in [1.82, 2.24) is 5.32 Å². The van der Waals surface area contributed by atoms with E-state index in [9.17, 15) is 13.2 Å². The molecule has 0 bridgehead atoms. The summed E-state index contributed by atoms with van der Waals surface area (Å²) in [6.45, 7) is 3.31. The van der Waals surface area contributed by atoms with Crippen LogP contribution in [-0.2, 0) is 14.6 Å². The fraction of sp³-hybridized carbons (Fsp3) is 0.857. The van der Waals surface area contributed by atoms with Crippen LogP contribution >= 0.6 is 22.6 Å². The first-order chi connectivity index (χ1) is 5.73. The zero-order chi connectivity index (χ0) is 10.7. The van der Waals surface area contributed by atoms with Gasteiger partial charge in [-0.2, -0.15) is 0 Å². The predicted molar refractivity (Wildman–Crippen MR) is 60.8 cm³/mol.